The van der Waals surface area contributed by atoms with Crippen molar-refractivity contribution in [2.45, 2.75) is 51.4 Å². The van der Waals surface area contributed by atoms with E-state index in [1.54, 1.807) is 20.1 Å². The summed E-state index contributed by atoms with van der Waals surface area (Å²) < 4.78 is 16.6. The van der Waals surface area contributed by atoms with Crippen molar-refractivity contribution in [3.05, 3.63) is 42.2 Å². The van der Waals surface area contributed by atoms with E-state index in [0.29, 0.717) is 18.4 Å². The molecule has 1 aliphatic carbocycles. The second kappa shape index (κ2) is 7.83. The van der Waals surface area contributed by atoms with Crippen molar-refractivity contribution in [2.75, 3.05) is 6.61 Å². The van der Waals surface area contributed by atoms with Gasteiger partial charge in [0.25, 0.3) is 0 Å². The van der Waals surface area contributed by atoms with E-state index in [1.165, 1.54) is 0 Å². The number of fused-ring (bicyclic) bond motifs is 1. The van der Waals surface area contributed by atoms with E-state index < -0.39 is 0 Å². The zero-order valence-corrected chi connectivity index (χ0v) is 14.6. The van der Waals surface area contributed by atoms with Gasteiger partial charge in [-0.1, -0.05) is 30.3 Å². The van der Waals surface area contributed by atoms with Crippen LogP contribution in [0, 0.1) is 5.92 Å². The van der Waals surface area contributed by atoms with Gasteiger partial charge >= 0.3 is 5.97 Å². The third-order valence-electron chi connectivity index (χ3n) is 4.60. The van der Waals surface area contributed by atoms with Gasteiger partial charge in [0.05, 0.1) is 30.0 Å². The Balaban J connectivity index is 1.58. The predicted octanol–water partition coefficient (Wildman–Crippen LogP) is 3.13. The topological polar surface area (TPSA) is 61.8 Å². The van der Waals surface area contributed by atoms with Crippen molar-refractivity contribution < 1.29 is 23.8 Å². The zero-order chi connectivity index (χ0) is 17.8. The largest absolute Gasteiger partial charge is 0.496 e. The number of esters is 1. The molecule has 3 atom stereocenters. The number of hydrogen-bond donors (Lipinski definition) is 0. The summed E-state index contributed by atoms with van der Waals surface area (Å²) in [4.78, 5) is 24.4. The second-order valence-electron chi connectivity index (χ2n) is 6.83. The molecule has 3 rings (SSSR count). The molecule has 0 spiro atoms. The van der Waals surface area contributed by atoms with Crippen LogP contribution in [0.15, 0.2) is 36.6 Å². The Hall–Kier alpha value is -2.14. The van der Waals surface area contributed by atoms with E-state index in [9.17, 15) is 9.59 Å². The average molecular weight is 344 g/mol. The number of rotatable bonds is 5. The molecule has 5 heteroatoms. The number of carbonyl (C=O) groups is 2. The van der Waals surface area contributed by atoms with Crippen molar-refractivity contribution in [1.29, 1.82) is 0 Å². The van der Waals surface area contributed by atoms with Crippen LogP contribution in [0.25, 0.3) is 5.57 Å². The lowest BCUT2D eigenvalue weighted by Crippen LogP contribution is -2.41. The molecule has 0 bridgehead atoms. The molecule has 25 heavy (non-hydrogen) atoms. The fourth-order valence-corrected chi connectivity index (χ4v) is 3.42. The molecule has 0 amide bonds. The Morgan fingerprint density at radius 1 is 1.24 bits per heavy atom. The number of ether oxygens (including phenoxy) is 3. The maximum absolute atomic E-state index is 12.8. The SMILES string of the molecule is CC(C)OC(=O)COC1CCC2C(=O)C(c3ccccc3)=COC2C1. The summed E-state index contributed by atoms with van der Waals surface area (Å²) in [7, 11) is 0. The molecule has 1 fully saturated rings. The van der Waals surface area contributed by atoms with Gasteiger partial charge < -0.3 is 14.2 Å². The third-order valence-corrected chi connectivity index (χ3v) is 4.60. The summed E-state index contributed by atoms with van der Waals surface area (Å²) in [6, 6.07) is 9.59. The van der Waals surface area contributed by atoms with Crippen LogP contribution in [-0.2, 0) is 23.8 Å². The van der Waals surface area contributed by atoms with Crippen LogP contribution in [0.5, 0.6) is 0 Å². The van der Waals surface area contributed by atoms with Crippen LogP contribution < -0.4 is 0 Å². The minimum Gasteiger partial charge on any atom is -0.496 e. The van der Waals surface area contributed by atoms with Gasteiger partial charge in [-0.2, -0.15) is 0 Å². The van der Waals surface area contributed by atoms with E-state index >= 15 is 0 Å². The lowest BCUT2D eigenvalue weighted by atomic mass is 9.78. The van der Waals surface area contributed by atoms with Gasteiger partial charge in [0, 0.05) is 6.42 Å². The Kier molecular flexibility index (Phi) is 5.53. The molecular formula is C20H24O5. The number of hydrogen-bond acceptors (Lipinski definition) is 5. The molecule has 3 unspecified atom stereocenters. The Labute approximate surface area is 148 Å². The lowest BCUT2D eigenvalue weighted by Gasteiger charge is -2.37. The van der Waals surface area contributed by atoms with E-state index in [4.69, 9.17) is 14.2 Å². The Morgan fingerprint density at radius 2 is 2.00 bits per heavy atom. The van der Waals surface area contributed by atoms with Crippen LogP contribution in [-0.4, -0.2) is 36.7 Å². The van der Waals surface area contributed by atoms with Crippen LogP contribution >= 0.6 is 0 Å². The number of allylic oxidation sites excluding steroid dienone is 1. The first-order valence-electron chi connectivity index (χ1n) is 8.81. The summed E-state index contributed by atoms with van der Waals surface area (Å²) in [6.45, 7) is 3.56. The maximum atomic E-state index is 12.8. The molecule has 0 saturated heterocycles. The predicted molar refractivity (Wildman–Crippen MR) is 92.6 cm³/mol. The lowest BCUT2D eigenvalue weighted by molar-refractivity contribution is -0.157. The first-order valence-corrected chi connectivity index (χ1v) is 8.81. The molecule has 0 N–H and O–H groups in total. The van der Waals surface area contributed by atoms with E-state index in [-0.39, 0.29) is 42.6 Å². The highest BCUT2D eigenvalue weighted by Gasteiger charge is 2.40. The number of ketones is 1. The molecule has 2 aliphatic rings. The minimum atomic E-state index is -0.357. The third kappa shape index (κ3) is 4.28. The maximum Gasteiger partial charge on any atom is 0.332 e. The number of carbonyl (C=O) groups excluding carboxylic acids is 2. The first-order chi connectivity index (χ1) is 12.0. The van der Waals surface area contributed by atoms with Crippen LogP contribution in [0.3, 0.4) is 0 Å². The van der Waals surface area contributed by atoms with Gasteiger partial charge in [-0.05, 0) is 32.3 Å². The van der Waals surface area contributed by atoms with Gasteiger partial charge in [-0.15, -0.1) is 0 Å². The molecule has 1 aliphatic heterocycles. The van der Waals surface area contributed by atoms with Gasteiger partial charge in [-0.25, -0.2) is 4.79 Å². The first kappa shape index (κ1) is 17.7. The fourth-order valence-electron chi connectivity index (χ4n) is 3.42. The molecular weight excluding hydrogens is 320 g/mol. The van der Waals surface area contributed by atoms with Gasteiger partial charge in [-0.3, -0.25) is 4.79 Å². The Bertz CT molecular complexity index is 649. The smallest absolute Gasteiger partial charge is 0.332 e. The van der Waals surface area contributed by atoms with Gasteiger partial charge in [0.1, 0.15) is 12.7 Å². The molecule has 1 saturated carbocycles. The average Bonchev–Trinajstić information content (AvgIpc) is 2.60. The van der Waals surface area contributed by atoms with Crippen molar-refractivity contribution >= 4 is 17.3 Å². The normalized spacial score (nSPS) is 25.8. The van der Waals surface area contributed by atoms with Crippen LogP contribution in [0.1, 0.15) is 38.7 Å². The Morgan fingerprint density at radius 3 is 2.72 bits per heavy atom. The number of benzene rings is 1. The number of Topliss-reactive ketones (excluding diaryl/α,β-unsaturated/α-hetero) is 1. The molecule has 1 aromatic rings. The molecule has 0 radical (unpaired) electrons. The van der Waals surface area contributed by atoms with Crippen molar-refractivity contribution in [2.24, 2.45) is 5.92 Å². The summed E-state index contributed by atoms with van der Waals surface area (Å²) >= 11 is 0. The van der Waals surface area contributed by atoms with Crippen molar-refractivity contribution in [1.82, 2.24) is 0 Å². The van der Waals surface area contributed by atoms with Gasteiger partial charge in [0.2, 0.25) is 0 Å². The minimum absolute atomic E-state index is 0.0563. The summed E-state index contributed by atoms with van der Waals surface area (Å²) in [5.74, 6) is -0.355. The monoisotopic (exact) mass is 344 g/mol. The highest BCUT2D eigenvalue weighted by Crippen LogP contribution is 2.37. The summed E-state index contributed by atoms with van der Waals surface area (Å²) in [5.41, 5.74) is 1.53. The quantitative estimate of drug-likeness (QED) is 0.768. The van der Waals surface area contributed by atoms with Gasteiger partial charge in [0.15, 0.2) is 5.78 Å². The zero-order valence-electron chi connectivity index (χ0n) is 14.6. The van der Waals surface area contributed by atoms with Crippen LogP contribution in [0.4, 0.5) is 0 Å². The summed E-state index contributed by atoms with van der Waals surface area (Å²) in [6.07, 6.45) is 3.23. The highest BCUT2D eigenvalue weighted by molar-refractivity contribution is 6.22. The second-order valence-corrected chi connectivity index (χ2v) is 6.83. The molecule has 1 aromatic carbocycles. The molecule has 134 valence electrons. The standard InChI is InChI=1S/C20H24O5/c1-13(2)25-19(21)12-23-15-8-9-16-18(10-15)24-11-17(20(16)22)14-6-4-3-5-7-14/h3-7,11,13,15-16,18H,8-10,12H2,1-2H3. The van der Waals surface area contributed by atoms with E-state index in [2.05, 4.69) is 0 Å². The molecule has 1 heterocycles. The van der Waals surface area contributed by atoms with Crippen molar-refractivity contribution in [3.8, 4) is 0 Å². The van der Waals surface area contributed by atoms with E-state index in [0.717, 1.165) is 12.0 Å². The van der Waals surface area contributed by atoms with Crippen LogP contribution in [0.2, 0.25) is 0 Å². The van der Waals surface area contributed by atoms with Crippen molar-refractivity contribution in [3.63, 3.8) is 0 Å². The molecule has 0 aromatic heterocycles. The highest BCUT2D eigenvalue weighted by atomic mass is 16.6. The fraction of sp³-hybridized carbons (Fsp3) is 0.500. The summed E-state index contributed by atoms with van der Waals surface area (Å²) in [5, 5.41) is 0. The molecule has 5 nitrogen and oxygen atoms in total. The van der Waals surface area contributed by atoms with E-state index in [1.807, 2.05) is 30.3 Å².